The molecular weight excluding hydrogens is 399 g/mol. The Balaban J connectivity index is 1.57. The molecule has 3 heterocycles. The lowest BCUT2D eigenvalue weighted by atomic mass is 9.99. The zero-order valence-corrected chi connectivity index (χ0v) is 18.1. The summed E-state index contributed by atoms with van der Waals surface area (Å²) in [6.45, 7) is 7.97. The minimum absolute atomic E-state index is 0.302. The van der Waals surface area contributed by atoms with Crippen LogP contribution in [0.4, 0.5) is 9.18 Å². The summed E-state index contributed by atoms with van der Waals surface area (Å²) in [6.07, 6.45) is 2.75. The minimum Gasteiger partial charge on any atom is -0.444 e. The summed E-state index contributed by atoms with van der Waals surface area (Å²) in [6, 6.07) is 9.92. The lowest BCUT2D eigenvalue weighted by Gasteiger charge is -2.33. The number of aromatic nitrogens is 3. The van der Waals surface area contributed by atoms with Gasteiger partial charge in [0.25, 0.3) is 5.89 Å². The number of ether oxygens (including phenoxy) is 1. The number of amides is 1. The first-order valence-corrected chi connectivity index (χ1v) is 10.2. The van der Waals surface area contributed by atoms with Gasteiger partial charge in [-0.05, 0) is 64.3 Å². The predicted molar refractivity (Wildman–Crippen MR) is 112 cm³/mol. The molecule has 0 saturated carbocycles. The monoisotopic (exact) mass is 424 g/mol. The molecule has 1 aliphatic heterocycles. The summed E-state index contributed by atoms with van der Waals surface area (Å²) < 4.78 is 24.6. The summed E-state index contributed by atoms with van der Waals surface area (Å²) in [7, 11) is 0. The Kier molecular flexibility index (Phi) is 5.24. The molecule has 0 N–H and O–H groups in total. The molecular formula is C23H25FN4O3. The average Bonchev–Trinajstić information content (AvgIpc) is 3.35. The number of carbonyl (C=O) groups excluding carboxylic acids is 1. The van der Waals surface area contributed by atoms with Crippen LogP contribution in [0.25, 0.3) is 22.6 Å². The van der Waals surface area contributed by atoms with Crippen molar-refractivity contribution in [3.8, 4) is 22.6 Å². The molecule has 8 heteroatoms. The largest absolute Gasteiger partial charge is 0.444 e. The summed E-state index contributed by atoms with van der Waals surface area (Å²) in [5, 5.41) is 4.07. The summed E-state index contributed by atoms with van der Waals surface area (Å²) >= 11 is 0. The molecule has 31 heavy (non-hydrogen) atoms. The van der Waals surface area contributed by atoms with E-state index in [2.05, 4.69) is 15.1 Å². The van der Waals surface area contributed by atoms with Crippen LogP contribution in [0.2, 0.25) is 0 Å². The third kappa shape index (κ3) is 4.28. The van der Waals surface area contributed by atoms with Gasteiger partial charge in [-0.2, -0.15) is 4.98 Å². The van der Waals surface area contributed by atoms with Gasteiger partial charge in [-0.1, -0.05) is 23.4 Å². The molecule has 1 saturated heterocycles. The lowest BCUT2D eigenvalue weighted by Crippen LogP contribution is -2.45. The highest BCUT2D eigenvalue weighted by atomic mass is 19.1. The topological polar surface area (TPSA) is 81.4 Å². The van der Waals surface area contributed by atoms with Gasteiger partial charge >= 0.3 is 6.09 Å². The number of hydrogen-bond donors (Lipinski definition) is 0. The first-order chi connectivity index (χ1) is 14.7. The van der Waals surface area contributed by atoms with E-state index in [9.17, 15) is 9.18 Å². The molecule has 1 unspecified atom stereocenters. The van der Waals surface area contributed by atoms with Gasteiger partial charge in [0.1, 0.15) is 22.7 Å². The van der Waals surface area contributed by atoms with Crippen LogP contribution in [0.1, 0.15) is 46.4 Å². The number of benzene rings is 1. The van der Waals surface area contributed by atoms with Crippen LogP contribution >= 0.6 is 0 Å². The van der Waals surface area contributed by atoms with E-state index in [1.165, 1.54) is 12.1 Å². The van der Waals surface area contributed by atoms with E-state index in [4.69, 9.17) is 9.26 Å². The van der Waals surface area contributed by atoms with Crippen LogP contribution < -0.4 is 0 Å². The second-order valence-electron chi connectivity index (χ2n) is 8.87. The maximum absolute atomic E-state index is 13.5. The van der Waals surface area contributed by atoms with Crippen molar-refractivity contribution in [1.29, 1.82) is 0 Å². The Morgan fingerprint density at radius 1 is 1.23 bits per heavy atom. The highest BCUT2D eigenvalue weighted by Gasteiger charge is 2.47. The van der Waals surface area contributed by atoms with Crippen LogP contribution in [0.15, 0.2) is 47.1 Å². The van der Waals surface area contributed by atoms with Crippen molar-refractivity contribution >= 4 is 6.09 Å². The average molecular weight is 424 g/mol. The van der Waals surface area contributed by atoms with Gasteiger partial charge in [0.2, 0.25) is 5.82 Å². The molecule has 0 aliphatic carbocycles. The predicted octanol–water partition coefficient (Wildman–Crippen LogP) is 5.18. The highest BCUT2D eigenvalue weighted by Crippen LogP contribution is 2.39. The van der Waals surface area contributed by atoms with E-state index in [0.29, 0.717) is 30.4 Å². The van der Waals surface area contributed by atoms with E-state index in [0.717, 1.165) is 17.5 Å². The van der Waals surface area contributed by atoms with Crippen molar-refractivity contribution in [3.05, 3.63) is 54.3 Å². The van der Waals surface area contributed by atoms with Gasteiger partial charge in [0.15, 0.2) is 0 Å². The smallest absolute Gasteiger partial charge is 0.411 e. The van der Waals surface area contributed by atoms with E-state index in [1.807, 2.05) is 39.8 Å². The molecule has 3 aromatic rings. The van der Waals surface area contributed by atoms with E-state index in [-0.39, 0.29) is 5.82 Å². The third-order valence-electron chi connectivity index (χ3n) is 5.29. The molecule has 0 spiro atoms. The number of likely N-dealkylation sites (tertiary alicyclic amines) is 1. The molecule has 1 fully saturated rings. The maximum Gasteiger partial charge on any atom is 0.411 e. The molecule has 7 nitrogen and oxygen atoms in total. The van der Waals surface area contributed by atoms with Crippen LogP contribution in [0.5, 0.6) is 0 Å². The van der Waals surface area contributed by atoms with Crippen LogP contribution in [-0.4, -0.2) is 38.3 Å². The standard InChI is InChI=1S/C23H25FN4O3/c1-22(2,3)30-21(29)28-12-6-11-23(28,4)20-26-19(27-31-20)18-10-9-16(14-25-18)15-7-5-8-17(24)13-15/h5,7-10,13-14H,6,11-12H2,1-4H3. The van der Waals surface area contributed by atoms with Gasteiger partial charge in [-0.15, -0.1) is 0 Å². The molecule has 1 aliphatic rings. The molecule has 0 radical (unpaired) electrons. The molecule has 1 amide bonds. The Morgan fingerprint density at radius 2 is 2.03 bits per heavy atom. The van der Waals surface area contributed by atoms with Crippen LogP contribution in [0.3, 0.4) is 0 Å². The fourth-order valence-corrected chi connectivity index (χ4v) is 3.71. The zero-order valence-electron chi connectivity index (χ0n) is 18.1. The minimum atomic E-state index is -0.741. The van der Waals surface area contributed by atoms with Gasteiger partial charge in [0, 0.05) is 18.3 Å². The number of carbonyl (C=O) groups is 1. The number of pyridine rings is 1. The summed E-state index contributed by atoms with van der Waals surface area (Å²) in [5.74, 6) is 0.378. The lowest BCUT2D eigenvalue weighted by molar-refractivity contribution is 0.00443. The van der Waals surface area contributed by atoms with Gasteiger partial charge in [0.05, 0.1) is 0 Å². The molecule has 0 bridgehead atoms. The van der Waals surface area contributed by atoms with Gasteiger partial charge < -0.3 is 9.26 Å². The molecule has 1 aromatic carbocycles. The number of rotatable bonds is 3. The second kappa shape index (κ2) is 7.76. The maximum atomic E-state index is 13.5. The zero-order chi connectivity index (χ0) is 22.2. The molecule has 162 valence electrons. The molecule has 2 aromatic heterocycles. The highest BCUT2D eigenvalue weighted by molar-refractivity contribution is 5.70. The SMILES string of the molecule is CC(C)(C)OC(=O)N1CCCC1(C)c1nc(-c2ccc(-c3cccc(F)c3)cn2)no1. The van der Waals surface area contributed by atoms with E-state index in [1.54, 1.807) is 23.2 Å². The van der Waals surface area contributed by atoms with Crippen molar-refractivity contribution < 1.29 is 18.4 Å². The Hall–Kier alpha value is -3.29. The van der Waals surface area contributed by atoms with Crippen molar-refractivity contribution in [2.45, 2.75) is 51.7 Å². The first-order valence-electron chi connectivity index (χ1n) is 10.2. The normalized spacial score (nSPS) is 18.9. The van der Waals surface area contributed by atoms with E-state index < -0.39 is 17.2 Å². The molecule has 4 rings (SSSR count). The summed E-state index contributed by atoms with van der Waals surface area (Å²) in [5.41, 5.74) is 0.717. The van der Waals surface area contributed by atoms with Crippen LogP contribution in [0, 0.1) is 5.82 Å². The van der Waals surface area contributed by atoms with Crippen molar-refractivity contribution in [2.24, 2.45) is 0 Å². The quantitative estimate of drug-likeness (QED) is 0.576. The summed E-state index contributed by atoms with van der Waals surface area (Å²) in [4.78, 5) is 23.3. The molecule has 1 atom stereocenters. The fraction of sp³-hybridized carbons (Fsp3) is 0.391. The Bertz CT molecular complexity index is 1090. The Morgan fingerprint density at radius 3 is 2.71 bits per heavy atom. The Labute approximate surface area is 180 Å². The number of hydrogen-bond acceptors (Lipinski definition) is 6. The third-order valence-corrected chi connectivity index (χ3v) is 5.29. The van der Waals surface area contributed by atoms with Crippen LogP contribution in [-0.2, 0) is 10.3 Å². The first kappa shape index (κ1) is 21.0. The van der Waals surface area contributed by atoms with Gasteiger partial charge in [-0.25, -0.2) is 9.18 Å². The van der Waals surface area contributed by atoms with Crippen molar-refractivity contribution in [3.63, 3.8) is 0 Å². The van der Waals surface area contributed by atoms with Crippen molar-refractivity contribution in [2.75, 3.05) is 6.54 Å². The number of nitrogens with zero attached hydrogens (tertiary/aromatic N) is 4. The fourth-order valence-electron chi connectivity index (χ4n) is 3.71. The van der Waals surface area contributed by atoms with Gasteiger partial charge in [-0.3, -0.25) is 9.88 Å². The number of halogens is 1. The van der Waals surface area contributed by atoms with Crippen molar-refractivity contribution in [1.82, 2.24) is 20.0 Å². The second-order valence-corrected chi connectivity index (χ2v) is 8.87. The van der Waals surface area contributed by atoms with E-state index >= 15 is 0 Å².